The molecule has 37 heavy (non-hydrogen) atoms. The first-order chi connectivity index (χ1) is 18.2. The second kappa shape index (κ2) is 10.1. The number of nitrogens with one attached hydrogen (secondary N) is 1. The highest BCUT2D eigenvalue weighted by molar-refractivity contribution is 5.93. The normalized spacial score (nSPS) is 25.8. The number of carbonyl (C=O) groups excluding carboxylic acids is 2. The van der Waals surface area contributed by atoms with Crippen LogP contribution < -0.4 is 5.32 Å². The predicted octanol–water partition coefficient (Wildman–Crippen LogP) is 3.08. The quantitative estimate of drug-likeness (QED) is 0.587. The third-order valence-corrected chi connectivity index (χ3v) is 7.47. The Morgan fingerprint density at radius 1 is 0.838 bits per heavy atom. The molecule has 190 valence electrons. The molecule has 2 bridgehead atoms. The first-order valence-corrected chi connectivity index (χ1v) is 13.0. The number of fused-ring (bicyclic) bond motifs is 2. The molecule has 0 spiro atoms. The van der Waals surface area contributed by atoms with Crippen molar-refractivity contribution in [3.63, 3.8) is 0 Å². The van der Waals surface area contributed by atoms with E-state index in [1.165, 1.54) is 0 Å². The Bertz CT molecular complexity index is 1190. The minimum absolute atomic E-state index is 0.173. The van der Waals surface area contributed by atoms with Crippen LogP contribution in [0.5, 0.6) is 0 Å². The van der Waals surface area contributed by atoms with Gasteiger partial charge in [0.1, 0.15) is 0 Å². The SMILES string of the molecule is O=C([C@@H]1O[C@]2(c3ccccc3)CN(C(c3ccccc3)c3ccccc3)C(=O)[C@H]1O2)N1CCCNCC1. The summed E-state index contributed by atoms with van der Waals surface area (Å²) in [7, 11) is 0. The van der Waals surface area contributed by atoms with Crippen molar-refractivity contribution >= 4 is 11.8 Å². The molecular weight excluding hydrogens is 466 g/mol. The van der Waals surface area contributed by atoms with Crippen LogP contribution in [0.15, 0.2) is 91.0 Å². The number of ether oxygens (including phenoxy) is 2. The van der Waals surface area contributed by atoms with E-state index in [4.69, 9.17) is 9.47 Å². The van der Waals surface area contributed by atoms with E-state index in [-0.39, 0.29) is 24.4 Å². The van der Waals surface area contributed by atoms with Crippen LogP contribution in [0, 0.1) is 0 Å². The summed E-state index contributed by atoms with van der Waals surface area (Å²) in [4.78, 5) is 31.5. The summed E-state index contributed by atoms with van der Waals surface area (Å²) in [6, 6.07) is 29.3. The molecular formula is C30H31N3O4. The van der Waals surface area contributed by atoms with Gasteiger partial charge in [-0.1, -0.05) is 91.0 Å². The van der Waals surface area contributed by atoms with Crippen LogP contribution in [-0.4, -0.2) is 66.5 Å². The first kappa shape index (κ1) is 23.9. The second-order valence-corrected chi connectivity index (χ2v) is 9.81. The molecule has 3 aliphatic rings. The van der Waals surface area contributed by atoms with Gasteiger partial charge in [-0.15, -0.1) is 0 Å². The lowest BCUT2D eigenvalue weighted by Crippen LogP contribution is -2.55. The van der Waals surface area contributed by atoms with Gasteiger partial charge in [-0.05, 0) is 24.1 Å². The lowest BCUT2D eigenvalue weighted by molar-refractivity contribution is -0.221. The van der Waals surface area contributed by atoms with Crippen LogP contribution in [0.4, 0.5) is 0 Å². The van der Waals surface area contributed by atoms with Crippen molar-refractivity contribution < 1.29 is 19.1 Å². The first-order valence-electron chi connectivity index (χ1n) is 13.0. The zero-order valence-corrected chi connectivity index (χ0v) is 20.7. The van der Waals surface area contributed by atoms with Crippen molar-refractivity contribution in [3.05, 3.63) is 108 Å². The maximum absolute atomic E-state index is 14.1. The molecule has 7 nitrogen and oxygen atoms in total. The van der Waals surface area contributed by atoms with E-state index in [0.717, 1.165) is 36.2 Å². The number of rotatable bonds is 5. The van der Waals surface area contributed by atoms with E-state index < -0.39 is 18.0 Å². The minimum Gasteiger partial charge on any atom is -0.339 e. The van der Waals surface area contributed by atoms with Gasteiger partial charge >= 0.3 is 0 Å². The number of hydrogen-bond acceptors (Lipinski definition) is 5. The fourth-order valence-electron chi connectivity index (χ4n) is 5.67. The Labute approximate surface area is 217 Å². The molecule has 0 aromatic heterocycles. The molecule has 6 rings (SSSR count). The van der Waals surface area contributed by atoms with Crippen LogP contribution in [0.1, 0.15) is 29.2 Å². The monoisotopic (exact) mass is 497 g/mol. The van der Waals surface area contributed by atoms with Gasteiger partial charge < -0.3 is 24.6 Å². The van der Waals surface area contributed by atoms with Gasteiger partial charge in [-0.3, -0.25) is 9.59 Å². The van der Waals surface area contributed by atoms with Crippen molar-refractivity contribution in [2.45, 2.75) is 30.5 Å². The molecule has 3 heterocycles. The summed E-state index contributed by atoms with van der Waals surface area (Å²) in [6.45, 7) is 2.97. The summed E-state index contributed by atoms with van der Waals surface area (Å²) < 4.78 is 13.0. The second-order valence-electron chi connectivity index (χ2n) is 9.81. The molecule has 3 aromatic rings. The Morgan fingerprint density at radius 2 is 1.46 bits per heavy atom. The van der Waals surface area contributed by atoms with Gasteiger partial charge in [0.15, 0.2) is 12.2 Å². The maximum Gasteiger partial charge on any atom is 0.256 e. The van der Waals surface area contributed by atoms with Gasteiger partial charge in [0.2, 0.25) is 5.79 Å². The lowest BCUT2D eigenvalue weighted by atomic mass is 9.94. The highest BCUT2D eigenvalue weighted by Crippen LogP contribution is 2.46. The number of carbonyl (C=O) groups is 2. The molecule has 0 saturated carbocycles. The van der Waals surface area contributed by atoms with Crippen molar-refractivity contribution in [2.75, 3.05) is 32.7 Å². The molecule has 3 aromatic carbocycles. The molecule has 3 fully saturated rings. The zero-order valence-electron chi connectivity index (χ0n) is 20.7. The fourth-order valence-corrected chi connectivity index (χ4v) is 5.67. The van der Waals surface area contributed by atoms with E-state index in [1.807, 2.05) is 95.9 Å². The third kappa shape index (κ3) is 4.44. The van der Waals surface area contributed by atoms with E-state index in [2.05, 4.69) is 5.32 Å². The van der Waals surface area contributed by atoms with Crippen LogP contribution in [-0.2, 0) is 24.8 Å². The summed E-state index contributed by atoms with van der Waals surface area (Å²) in [5.41, 5.74) is 2.78. The van der Waals surface area contributed by atoms with Crippen molar-refractivity contribution in [2.24, 2.45) is 0 Å². The number of hydrogen-bond donors (Lipinski definition) is 1. The Hall–Kier alpha value is -3.52. The summed E-state index contributed by atoms with van der Waals surface area (Å²) >= 11 is 0. The van der Waals surface area contributed by atoms with Gasteiger partial charge in [-0.2, -0.15) is 0 Å². The van der Waals surface area contributed by atoms with E-state index in [0.29, 0.717) is 13.1 Å². The molecule has 3 saturated heterocycles. The third-order valence-electron chi connectivity index (χ3n) is 7.47. The molecule has 0 radical (unpaired) electrons. The Morgan fingerprint density at radius 3 is 2.11 bits per heavy atom. The number of amides is 2. The van der Waals surface area contributed by atoms with Crippen molar-refractivity contribution in [1.82, 2.24) is 15.1 Å². The lowest BCUT2D eigenvalue weighted by Gasteiger charge is -2.42. The topological polar surface area (TPSA) is 71.1 Å². The molecule has 7 heteroatoms. The van der Waals surface area contributed by atoms with Crippen molar-refractivity contribution in [1.29, 1.82) is 0 Å². The Balaban J connectivity index is 1.42. The summed E-state index contributed by atoms with van der Waals surface area (Å²) in [5, 5.41) is 3.33. The molecule has 2 amide bonds. The van der Waals surface area contributed by atoms with E-state index in [1.54, 1.807) is 4.90 Å². The zero-order chi connectivity index (χ0) is 25.2. The molecule has 3 atom stereocenters. The average molecular weight is 498 g/mol. The van der Waals surface area contributed by atoms with Gasteiger partial charge in [-0.25, -0.2) is 0 Å². The molecule has 0 aliphatic carbocycles. The van der Waals surface area contributed by atoms with Crippen LogP contribution in [0.2, 0.25) is 0 Å². The van der Waals surface area contributed by atoms with E-state index in [9.17, 15) is 9.59 Å². The van der Waals surface area contributed by atoms with Crippen molar-refractivity contribution in [3.8, 4) is 0 Å². The minimum atomic E-state index is -1.23. The van der Waals surface area contributed by atoms with Crippen LogP contribution in [0.3, 0.4) is 0 Å². The number of nitrogens with zero attached hydrogens (tertiary/aromatic N) is 2. The van der Waals surface area contributed by atoms with Gasteiger partial charge in [0, 0.05) is 25.2 Å². The molecule has 1 N–H and O–H groups in total. The molecule has 3 aliphatic heterocycles. The number of benzene rings is 3. The van der Waals surface area contributed by atoms with Gasteiger partial charge in [0.25, 0.3) is 11.8 Å². The summed E-state index contributed by atoms with van der Waals surface area (Å²) in [5.74, 6) is -1.64. The molecule has 0 unspecified atom stereocenters. The highest BCUT2D eigenvalue weighted by atomic mass is 16.8. The summed E-state index contributed by atoms with van der Waals surface area (Å²) in [6.07, 6.45) is -1.16. The fraction of sp³-hybridized carbons (Fsp3) is 0.333. The van der Waals surface area contributed by atoms with Crippen LogP contribution >= 0.6 is 0 Å². The van der Waals surface area contributed by atoms with Gasteiger partial charge in [0.05, 0.1) is 12.6 Å². The largest absolute Gasteiger partial charge is 0.339 e. The predicted molar refractivity (Wildman–Crippen MR) is 138 cm³/mol. The van der Waals surface area contributed by atoms with E-state index >= 15 is 0 Å². The highest BCUT2D eigenvalue weighted by Gasteiger charge is 2.61. The average Bonchev–Trinajstić information content (AvgIpc) is 3.08. The number of morpholine rings is 1. The Kier molecular flexibility index (Phi) is 6.50. The maximum atomic E-state index is 14.1. The standard InChI is InChI=1S/C30H31N3O4/c34-28(32-19-10-17-31-18-20-32)26-27-29(35)33(21-30(36-26,37-27)24-15-8-3-9-16-24)25(22-11-4-1-5-12-22)23-13-6-2-7-14-23/h1-9,11-16,25-27,31H,10,17-21H2/t26-,27+,30-/m1/s1. The smallest absolute Gasteiger partial charge is 0.256 e. The van der Waals surface area contributed by atoms with Crippen LogP contribution in [0.25, 0.3) is 0 Å².